The Morgan fingerprint density at radius 3 is 2.32 bits per heavy atom. The number of benzene rings is 2. The Labute approximate surface area is 164 Å². The summed E-state index contributed by atoms with van der Waals surface area (Å²) in [4.78, 5) is 38.9. The molecule has 0 aliphatic carbocycles. The molecule has 0 radical (unpaired) electrons. The number of aryl methyl sites for hydroxylation is 1. The van der Waals surface area contributed by atoms with Gasteiger partial charge in [-0.25, -0.2) is 0 Å². The van der Waals surface area contributed by atoms with Crippen LogP contribution >= 0.6 is 0 Å². The van der Waals surface area contributed by atoms with Gasteiger partial charge in [0.05, 0.1) is 13.0 Å². The maximum Gasteiger partial charge on any atom is 0.312 e. The third-order valence-electron chi connectivity index (χ3n) is 4.84. The molecule has 3 rings (SSSR count). The summed E-state index contributed by atoms with van der Waals surface area (Å²) in [6, 6.07) is 14.2. The van der Waals surface area contributed by atoms with Crippen molar-refractivity contribution < 1.29 is 23.9 Å². The molecule has 0 spiro atoms. The number of anilines is 1. The lowest BCUT2D eigenvalue weighted by Crippen LogP contribution is -2.30. The Morgan fingerprint density at radius 1 is 1.07 bits per heavy atom. The van der Waals surface area contributed by atoms with E-state index >= 15 is 0 Å². The summed E-state index contributed by atoms with van der Waals surface area (Å²) in [6.07, 6.45) is -0.847. The van der Waals surface area contributed by atoms with Gasteiger partial charge in [0.2, 0.25) is 11.7 Å². The fourth-order valence-electron chi connectivity index (χ4n) is 3.15. The molecule has 2 aromatic rings. The number of ether oxygens (including phenoxy) is 2. The van der Waals surface area contributed by atoms with E-state index in [0.29, 0.717) is 11.3 Å². The summed E-state index contributed by atoms with van der Waals surface area (Å²) in [7, 11) is 1.55. The van der Waals surface area contributed by atoms with Crippen molar-refractivity contribution in [2.75, 3.05) is 18.6 Å². The summed E-state index contributed by atoms with van der Waals surface area (Å²) in [5, 5.41) is 0. The zero-order valence-corrected chi connectivity index (χ0v) is 16.2. The maximum absolute atomic E-state index is 12.5. The van der Waals surface area contributed by atoms with Crippen LogP contribution in [0.25, 0.3) is 0 Å². The number of ketones is 1. The van der Waals surface area contributed by atoms with Crippen molar-refractivity contribution in [3.8, 4) is 5.75 Å². The fraction of sp³-hybridized carbons (Fsp3) is 0.318. The van der Waals surface area contributed by atoms with Crippen LogP contribution in [0.1, 0.15) is 29.3 Å². The standard InChI is InChI=1S/C22H23NO5/c1-14-4-8-18(9-5-14)23-13-17(12-20(23)24)22(26)28-15(2)21(25)16-6-10-19(27-3)11-7-16/h4-11,15,17H,12-13H2,1-3H3/t15-,17-/m1/s1. The van der Waals surface area contributed by atoms with E-state index in [1.807, 2.05) is 31.2 Å². The number of amides is 1. The smallest absolute Gasteiger partial charge is 0.312 e. The summed E-state index contributed by atoms with van der Waals surface area (Å²) >= 11 is 0. The van der Waals surface area contributed by atoms with E-state index in [9.17, 15) is 14.4 Å². The predicted octanol–water partition coefficient (Wildman–Crippen LogP) is 3.17. The van der Waals surface area contributed by atoms with Crippen molar-refractivity contribution in [3.63, 3.8) is 0 Å². The zero-order valence-electron chi connectivity index (χ0n) is 16.2. The van der Waals surface area contributed by atoms with Crippen LogP contribution < -0.4 is 9.64 Å². The first kappa shape index (κ1) is 19.6. The number of rotatable bonds is 6. The van der Waals surface area contributed by atoms with Crippen LogP contribution in [0.4, 0.5) is 5.69 Å². The van der Waals surface area contributed by atoms with E-state index in [-0.39, 0.29) is 24.7 Å². The second kappa shape index (κ2) is 8.25. The monoisotopic (exact) mass is 381 g/mol. The Kier molecular flexibility index (Phi) is 5.78. The SMILES string of the molecule is COc1ccc(C(=O)[C@@H](C)OC(=O)[C@@H]2CC(=O)N(c3ccc(C)cc3)C2)cc1. The van der Waals surface area contributed by atoms with Crippen molar-refractivity contribution in [2.24, 2.45) is 5.92 Å². The topological polar surface area (TPSA) is 72.9 Å². The first-order chi connectivity index (χ1) is 13.4. The van der Waals surface area contributed by atoms with Crippen molar-refractivity contribution in [1.82, 2.24) is 0 Å². The Bertz CT molecular complexity index is 873. The lowest BCUT2D eigenvalue weighted by atomic mass is 10.1. The van der Waals surface area contributed by atoms with Crippen LogP contribution in [0, 0.1) is 12.8 Å². The van der Waals surface area contributed by atoms with E-state index in [0.717, 1.165) is 11.3 Å². The van der Waals surface area contributed by atoms with Gasteiger partial charge >= 0.3 is 5.97 Å². The molecule has 2 aromatic carbocycles. The van der Waals surface area contributed by atoms with Gasteiger partial charge in [0.1, 0.15) is 5.75 Å². The molecule has 0 saturated carbocycles. The van der Waals surface area contributed by atoms with E-state index in [1.54, 1.807) is 43.2 Å². The number of carbonyl (C=O) groups excluding carboxylic acids is 3. The van der Waals surface area contributed by atoms with Crippen molar-refractivity contribution in [2.45, 2.75) is 26.4 Å². The van der Waals surface area contributed by atoms with Gasteiger partial charge in [-0.3, -0.25) is 14.4 Å². The second-order valence-corrected chi connectivity index (χ2v) is 6.91. The quantitative estimate of drug-likeness (QED) is 0.568. The minimum atomic E-state index is -0.926. The summed E-state index contributed by atoms with van der Waals surface area (Å²) in [6.45, 7) is 3.76. The Hall–Kier alpha value is -3.15. The number of hydrogen-bond acceptors (Lipinski definition) is 5. The van der Waals surface area contributed by atoms with Crippen molar-refractivity contribution in [1.29, 1.82) is 0 Å². The average molecular weight is 381 g/mol. The molecule has 0 bridgehead atoms. The van der Waals surface area contributed by atoms with Crippen molar-refractivity contribution in [3.05, 3.63) is 59.7 Å². The Morgan fingerprint density at radius 2 is 1.71 bits per heavy atom. The molecular formula is C22H23NO5. The van der Waals surface area contributed by atoms with Gasteiger partial charge in [-0.1, -0.05) is 17.7 Å². The van der Waals surface area contributed by atoms with Crippen LogP contribution in [0.5, 0.6) is 5.75 Å². The molecule has 1 aliphatic rings. The first-order valence-corrected chi connectivity index (χ1v) is 9.15. The van der Waals surface area contributed by atoms with Gasteiger partial charge in [-0.05, 0) is 50.2 Å². The number of hydrogen-bond donors (Lipinski definition) is 0. The first-order valence-electron chi connectivity index (χ1n) is 9.15. The molecule has 1 saturated heterocycles. The van der Waals surface area contributed by atoms with Crippen LogP contribution in [-0.4, -0.2) is 37.4 Å². The van der Waals surface area contributed by atoms with E-state index in [2.05, 4.69) is 0 Å². The normalized spacial score (nSPS) is 17.3. The highest BCUT2D eigenvalue weighted by Gasteiger charge is 2.37. The van der Waals surface area contributed by atoms with E-state index in [1.165, 1.54) is 0 Å². The van der Waals surface area contributed by atoms with Crippen LogP contribution in [0.2, 0.25) is 0 Å². The lowest BCUT2D eigenvalue weighted by molar-refractivity contribution is -0.151. The highest BCUT2D eigenvalue weighted by molar-refractivity contribution is 6.02. The molecule has 6 heteroatoms. The molecule has 0 aromatic heterocycles. The summed E-state index contributed by atoms with van der Waals surface area (Å²) in [5.41, 5.74) is 2.29. The second-order valence-electron chi connectivity index (χ2n) is 6.91. The molecule has 146 valence electrons. The summed E-state index contributed by atoms with van der Waals surface area (Å²) in [5.74, 6) is -0.894. The molecule has 0 N–H and O–H groups in total. The van der Waals surface area contributed by atoms with Gasteiger partial charge in [0, 0.05) is 24.2 Å². The molecule has 1 aliphatic heterocycles. The fourth-order valence-corrected chi connectivity index (χ4v) is 3.15. The molecule has 0 unspecified atom stereocenters. The zero-order chi connectivity index (χ0) is 20.3. The van der Waals surface area contributed by atoms with Gasteiger partial charge in [-0.2, -0.15) is 0 Å². The predicted molar refractivity (Wildman–Crippen MR) is 105 cm³/mol. The number of methoxy groups -OCH3 is 1. The van der Waals surface area contributed by atoms with Gasteiger partial charge < -0.3 is 14.4 Å². The molecule has 28 heavy (non-hydrogen) atoms. The largest absolute Gasteiger partial charge is 0.497 e. The molecular weight excluding hydrogens is 358 g/mol. The number of Topliss-reactive ketones (excluding diaryl/α,β-unsaturated/α-hetero) is 1. The third kappa shape index (κ3) is 4.22. The van der Waals surface area contributed by atoms with Crippen molar-refractivity contribution >= 4 is 23.3 Å². The lowest BCUT2D eigenvalue weighted by Gasteiger charge is -2.18. The minimum Gasteiger partial charge on any atom is -0.497 e. The van der Waals surface area contributed by atoms with Crippen LogP contribution in [-0.2, 0) is 14.3 Å². The van der Waals surface area contributed by atoms with E-state index < -0.39 is 18.0 Å². The highest BCUT2D eigenvalue weighted by Crippen LogP contribution is 2.26. The number of esters is 1. The van der Waals surface area contributed by atoms with Gasteiger partial charge in [0.25, 0.3) is 0 Å². The molecule has 1 fully saturated rings. The highest BCUT2D eigenvalue weighted by atomic mass is 16.5. The number of nitrogens with zero attached hydrogens (tertiary/aromatic N) is 1. The van der Waals surface area contributed by atoms with Crippen LogP contribution in [0.3, 0.4) is 0 Å². The third-order valence-corrected chi connectivity index (χ3v) is 4.84. The molecule has 1 heterocycles. The maximum atomic E-state index is 12.5. The molecule has 1 amide bonds. The molecule has 2 atom stereocenters. The summed E-state index contributed by atoms with van der Waals surface area (Å²) < 4.78 is 10.4. The average Bonchev–Trinajstić information content (AvgIpc) is 3.10. The van der Waals surface area contributed by atoms with Gasteiger partial charge in [0.15, 0.2) is 6.10 Å². The Balaban J connectivity index is 1.61. The number of carbonyl (C=O) groups is 3. The van der Waals surface area contributed by atoms with Gasteiger partial charge in [-0.15, -0.1) is 0 Å². The molecule has 6 nitrogen and oxygen atoms in total. The van der Waals surface area contributed by atoms with E-state index in [4.69, 9.17) is 9.47 Å². The van der Waals surface area contributed by atoms with Crippen LogP contribution in [0.15, 0.2) is 48.5 Å². The minimum absolute atomic E-state index is 0.0795.